The fourth-order valence-electron chi connectivity index (χ4n) is 2.17. The number of likely N-dealkylation sites (N-methyl/N-ethyl adjacent to an activating group) is 2. The highest BCUT2D eigenvalue weighted by Gasteiger charge is 2.13. The fraction of sp³-hybridized carbons (Fsp3) is 0.667. The quantitative estimate of drug-likeness (QED) is 0.537. The Morgan fingerprint density at radius 3 is 1.96 bits per heavy atom. The molecule has 1 N–H and O–H groups in total. The molecular weight excluding hydrogens is 328 g/mol. The van der Waals surface area contributed by atoms with Crippen molar-refractivity contribution in [2.75, 3.05) is 68.6 Å². The van der Waals surface area contributed by atoms with Gasteiger partial charge >= 0.3 is 5.97 Å². The van der Waals surface area contributed by atoms with Crippen LogP contribution in [0.3, 0.4) is 0 Å². The van der Waals surface area contributed by atoms with Crippen LogP contribution in [-0.2, 0) is 16.0 Å². The Morgan fingerprint density at radius 1 is 1.00 bits per heavy atom. The SMILES string of the molecule is CC(CC(=O)OCC[N+](C)(C)C)Cc1ccccc1.C[N+](C)(C)CCO. The molecule has 0 fully saturated rings. The van der Waals surface area contributed by atoms with Gasteiger partial charge in [0.05, 0.1) is 48.9 Å². The smallest absolute Gasteiger partial charge is 0.306 e. The van der Waals surface area contributed by atoms with Gasteiger partial charge in [0.25, 0.3) is 0 Å². The van der Waals surface area contributed by atoms with Crippen molar-refractivity contribution in [2.45, 2.75) is 19.8 Å². The molecule has 0 aliphatic carbocycles. The van der Waals surface area contributed by atoms with Crippen molar-refractivity contribution < 1.29 is 23.6 Å². The van der Waals surface area contributed by atoms with Crippen LogP contribution in [0, 0.1) is 5.92 Å². The van der Waals surface area contributed by atoms with Gasteiger partial charge in [-0.3, -0.25) is 4.79 Å². The summed E-state index contributed by atoms with van der Waals surface area (Å²) in [5.41, 5.74) is 1.27. The molecule has 26 heavy (non-hydrogen) atoms. The maximum Gasteiger partial charge on any atom is 0.306 e. The molecule has 0 saturated carbocycles. The largest absolute Gasteiger partial charge is 0.460 e. The van der Waals surface area contributed by atoms with E-state index < -0.39 is 0 Å². The normalized spacial score (nSPS) is 12.8. The van der Waals surface area contributed by atoms with E-state index in [-0.39, 0.29) is 12.6 Å². The highest BCUT2D eigenvalue weighted by atomic mass is 16.5. The molecule has 0 amide bonds. The van der Waals surface area contributed by atoms with Crippen LogP contribution in [0.15, 0.2) is 30.3 Å². The van der Waals surface area contributed by atoms with E-state index in [2.05, 4.69) is 61.3 Å². The van der Waals surface area contributed by atoms with Gasteiger partial charge in [0, 0.05) is 6.42 Å². The minimum Gasteiger partial charge on any atom is -0.460 e. The summed E-state index contributed by atoms with van der Waals surface area (Å²) in [5, 5.41) is 8.39. The molecule has 0 aromatic heterocycles. The Balaban J connectivity index is 0.000000758. The molecule has 1 aromatic carbocycles. The minimum atomic E-state index is -0.0862. The molecule has 0 aliphatic rings. The molecule has 0 spiro atoms. The van der Waals surface area contributed by atoms with Crippen LogP contribution in [-0.4, -0.2) is 88.6 Å². The number of hydrogen-bond donors (Lipinski definition) is 1. The number of aliphatic hydroxyl groups is 1. The third-order valence-corrected chi connectivity index (χ3v) is 3.74. The maximum absolute atomic E-state index is 11.7. The molecule has 1 atom stereocenters. The van der Waals surface area contributed by atoms with E-state index in [0.29, 0.717) is 18.9 Å². The minimum absolute atomic E-state index is 0.0862. The van der Waals surface area contributed by atoms with E-state index in [4.69, 9.17) is 9.84 Å². The van der Waals surface area contributed by atoms with Crippen LogP contribution in [0.2, 0.25) is 0 Å². The Labute approximate surface area is 160 Å². The van der Waals surface area contributed by atoms with Crippen molar-refractivity contribution in [3.8, 4) is 0 Å². The molecule has 5 heteroatoms. The van der Waals surface area contributed by atoms with E-state index in [1.807, 2.05) is 18.2 Å². The summed E-state index contributed by atoms with van der Waals surface area (Å²) in [6.45, 7) is 4.55. The lowest BCUT2D eigenvalue weighted by Crippen LogP contribution is -2.38. The van der Waals surface area contributed by atoms with Crippen LogP contribution in [0.5, 0.6) is 0 Å². The lowest BCUT2D eigenvalue weighted by Gasteiger charge is -2.23. The molecule has 150 valence electrons. The molecule has 5 nitrogen and oxygen atoms in total. The zero-order valence-corrected chi connectivity index (χ0v) is 17.9. The summed E-state index contributed by atoms with van der Waals surface area (Å²) >= 11 is 0. The Morgan fingerprint density at radius 2 is 1.54 bits per heavy atom. The van der Waals surface area contributed by atoms with Crippen LogP contribution >= 0.6 is 0 Å². The Kier molecular flexibility index (Phi) is 11.4. The molecule has 0 aliphatic heterocycles. The van der Waals surface area contributed by atoms with E-state index in [1.54, 1.807) is 0 Å². The zero-order chi connectivity index (χ0) is 20.2. The number of carbonyl (C=O) groups is 1. The lowest BCUT2D eigenvalue weighted by atomic mass is 9.98. The summed E-state index contributed by atoms with van der Waals surface area (Å²) in [7, 11) is 12.4. The first-order valence-corrected chi connectivity index (χ1v) is 9.34. The third kappa shape index (κ3) is 16.1. The van der Waals surface area contributed by atoms with Crippen molar-refractivity contribution in [1.29, 1.82) is 0 Å². The van der Waals surface area contributed by atoms with Gasteiger partial charge in [0.15, 0.2) is 0 Å². The second-order valence-corrected chi connectivity index (χ2v) is 8.97. The third-order valence-electron chi connectivity index (χ3n) is 3.74. The first kappa shape index (κ1) is 24.6. The molecule has 1 aromatic rings. The number of benzene rings is 1. The van der Waals surface area contributed by atoms with Gasteiger partial charge in [-0.25, -0.2) is 0 Å². The van der Waals surface area contributed by atoms with E-state index in [0.717, 1.165) is 28.5 Å². The van der Waals surface area contributed by atoms with Gasteiger partial charge in [-0.1, -0.05) is 37.3 Å². The number of ether oxygens (including phenoxy) is 1. The maximum atomic E-state index is 11.7. The number of carbonyl (C=O) groups excluding carboxylic acids is 1. The molecular formula is C21H40N2O3+2. The van der Waals surface area contributed by atoms with Gasteiger partial charge in [-0.2, -0.15) is 0 Å². The van der Waals surface area contributed by atoms with E-state index in [1.165, 1.54) is 5.56 Å². The van der Waals surface area contributed by atoms with Crippen molar-refractivity contribution in [3.63, 3.8) is 0 Å². The van der Waals surface area contributed by atoms with E-state index in [9.17, 15) is 4.79 Å². The average molecular weight is 369 g/mol. The van der Waals surface area contributed by atoms with Gasteiger partial charge in [-0.05, 0) is 17.9 Å². The number of nitrogens with zero attached hydrogens (tertiary/aromatic N) is 2. The lowest BCUT2D eigenvalue weighted by molar-refractivity contribution is -0.870. The second-order valence-electron chi connectivity index (χ2n) is 8.97. The van der Waals surface area contributed by atoms with Gasteiger partial charge < -0.3 is 18.8 Å². The number of esters is 1. The Hall–Kier alpha value is -1.43. The number of quaternary nitrogens is 2. The van der Waals surface area contributed by atoms with Crippen LogP contribution < -0.4 is 0 Å². The molecule has 0 heterocycles. The fourth-order valence-corrected chi connectivity index (χ4v) is 2.17. The van der Waals surface area contributed by atoms with Crippen molar-refractivity contribution in [3.05, 3.63) is 35.9 Å². The molecule has 0 bridgehead atoms. The average Bonchev–Trinajstić information content (AvgIpc) is 2.46. The molecule has 1 rings (SSSR count). The highest BCUT2D eigenvalue weighted by molar-refractivity contribution is 5.69. The summed E-state index contributed by atoms with van der Waals surface area (Å²) in [6.07, 6.45) is 1.41. The summed E-state index contributed by atoms with van der Waals surface area (Å²) in [4.78, 5) is 11.7. The van der Waals surface area contributed by atoms with Gasteiger partial charge in [0.2, 0.25) is 0 Å². The van der Waals surface area contributed by atoms with Crippen molar-refractivity contribution in [1.82, 2.24) is 0 Å². The first-order valence-electron chi connectivity index (χ1n) is 9.34. The zero-order valence-electron chi connectivity index (χ0n) is 17.9. The number of aliphatic hydroxyl groups excluding tert-OH is 1. The van der Waals surface area contributed by atoms with Crippen LogP contribution in [0.1, 0.15) is 18.9 Å². The first-order chi connectivity index (χ1) is 11.9. The standard InChI is InChI=1S/C16H26NO2.C5H14NO/c1-14(12-15-8-6-5-7-9-15)13-16(18)19-11-10-17(2,3)4;1-6(2,3)4-5-7/h5-9,14H,10-13H2,1-4H3;7H,4-5H2,1-3H3/q2*+1. The Bertz CT molecular complexity index is 490. The van der Waals surface area contributed by atoms with E-state index >= 15 is 0 Å². The molecule has 0 saturated heterocycles. The van der Waals surface area contributed by atoms with Crippen molar-refractivity contribution >= 4 is 5.97 Å². The van der Waals surface area contributed by atoms with Gasteiger partial charge in [-0.15, -0.1) is 0 Å². The van der Waals surface area contributed by atoms with Crippen LogP contribution in [0.4, 0.5) is 0 Å². The number of hydrogen-bond acceptors (Lipinski definition) is 3. The predicted octanol–water partition coefficient (Wildman–Crippen LogP) is 2.19. The summed E-state index contributed by atoms with van der Waals surface area (Å²) in [5.74, 6) is 0.232. The van der Waals surface area contributed by atoms with Crippen LogP contribution in [0.25, 0.3) is 0 Å². The number of rotatable bonds is 9. The van der Waals surface area contributed by atoms with Gasteiger partial charge in [0.1, 0.15) is 19.7 Å². The van der Waals surface area contributed by atoms with Crippen molar-refractivity contribution in [2.24, 2.45) is 5.92 Å². The molecule has 0 radical (unpaired) electrons. The molecule has 1 unspecified atom stereocenters. The second kappa shape index (κ2) is 12.0. The monoisotopic (exact) mass is 368 g/mol. The predicted molar refractivity (Wildman–Crippen MR) is 108 cm³/mol. The topological polar surface area (TPSA) is 46.5 Å². The highest BCUT2D eigenvalue weighted by Crippen LogP contribution is 2.12. The summed E-state index contributed by atoms with van der Waals surface area (Å²) in [6, 6.07) is 10.3. The summed E-state index contributed by atoms with van der Waals surface area (Å²) < 4.78 is 6.93.